The normalized spacial score (nSPS) is 11.3. The van der Waals surface area contributed by atoms with Crippen LogP contribution in [0.2, 0.25) is 0 Å². The van der Waals surface area contributed by atoms with Crippen molar-refractivity contribution in [3.05, 3.63) is 103 Å². The van der Waals surface area contributed by atoms with Gasteiger partial charge in [0.1, 0.15) is 22.9 Å². The molecule has 0 atom stereocenters. The molecule has 0 aliphatic carbocycles. The molecule has 0 aliphatic heterocycles. The van der Waals surface area contributed by atoms with Crippen LogP contribution in [0.1, 0.15) is 5.69 Å². The summed E-state index contributed by atoms with van der Waals surface area (Å²) in [6, 6.07) is 27.7. The minimum absolute atomic E-state index is 0.541. The van der Waals surface area contributed by atoms with Crippen LogP contribution in [0, 0.1) is 6.92 Å². The molecule has 0 fully saturated rings. The Morgan fingerprint density at radius 3 is 2.34 bits per heavy atom. The van der Waals surface area contributed by atoms with E-state index >= 15 is 0 Å². The highest BCUT2D eigenvalue weighted by molar-refractivity contribution is 6.12. The maximum Gasteiger partial charge on any atom is 0.219 e. The Morgan fingerprint density at radius 2 is 1.47 bits per heavy atom. The first kappa shape index (κ1) is 18.4. The van der Waals surface area contributed by atoms with E-state index in [1.54, 1.807) is 6.20 Å². The van der Waals surface area contributed by atoms with E-state index in [0.29, 0.717) is 17.4 Å². The molecule has 0 radical (unpaired) electrons. The molecule has 154 valence electrons. The number of nitrogens with zero attached hydrogens (tertiary/aromatic N) is 3. The molecule has 5 heteroatoms. The molecule has 6 rings (SSSR count). The average molecular weight is 417 g/mol. The summed E-state index contributed by atoms with van der Waals surface area (Å²) in [4.78, 5) is 8.89. The zero-order chi connectivity index (χ0) is 21.5. The van der Waals surface area contributed by atoms with E-state index < -0.39 is 0 Å². The summed E-state index contributed by atoms with van der Waals surface area (Å²) in [5.41, 5.74) is 3.18. The predicted molar refractivity (Wildman–Crippen MR) is 126 cm³/mol. The fourth-order valence-electron chi connectivity index (χ4n) is 4.10. The van der Waals surface area contributed by atoms with Gasteiger partial charge in [-0.1, -0.05) is 30.3 Å². The molecular formula is C27H19N3O2. The van der Waals surface area contributed by atoms with E-state index in [9.17, 15) is 0 Å². The summed E-state index contributed by atoms with van der Waals surface area (Å²) < 4.78 is 14.2. The highest BCUT2D eigenvalue weighted by atomic mass is 16.5. The van der Waals surface area contributed by atoms with Gasteiger partial charge in [0.2, 0.25) is 5.88 Å². The molecule has 6 aromatic rings. The highest BCUT2D eigenvalue weighted by Crippen LogP contribution is 2.34. The maximum absolute atomic E-state index is 6.20. The van der Waals surface area contributed by atoms with Gasteiger partial charge in [-0.05, 0) is 54.8 Å². The SMILES string of the molecule is Cc1cnc2c3cc(Oc4cccc(Oc5ccccn5)c4)ccc3c3ccccc3n12. The smallest absolute Gasteiger partial charge is 0.219 e. The quantitative estimate of drug-likeness (QED) is 0.292. The third-order valence-electron chi connectivity index (χ3n) is 5.51. The fraction of sp³-hybridized carbons (Fsp3) is 0.0370. The lowest BCUT2D eigenvalue weighted by Gasteiger charge is -2.12. The number of imidazole rings is 1. The number of aryl methyl sites for hydroxylation is 1. The Kier molecular flexibility index (Phi) is 4.25. The summed E-state index contributed by atoms with van der Waals surface area (Å²) in [5, 5.41) is 3.39. The van der Waals surface area contributed by atoms with E-state index in [0.717, 1.165) is 33.4 Å². The third-order valence-corrected chi connectivity index (χ3v) is 5.51. The number of para-hydroxylation sites is 1. The first-order valence-electron chi connectivity index (χ1n) is 10.4. The number of hydrogen-bond donors (Lipinski definition) is 0. The van der Waals surface area contributed by atoms with Crippen molar-refractivity contribution in [1.29, 1.82) is 0 Å². The van der Waals surface area contributed by atoms with Crippen LogP contribution in [0.25, 0.3) is 27.3 Å². The van der Waals surface area contributed by atoms with Crippen molar-refractivity contribution < 1.29 is 9.47 Å². The standard InChI is InChI=1S/C27H19N3O2/c1-18-17-29-27-24-16-21(12-13-22(24)23-9-2-3-10-25(23)30(18)27)31-19-7-6-8-20(15-19)32-26-11-4-5-14-28-26/h2-17H,1H3. The third kappa shape index (κ3) is 3.11. The number of fused-ring (bicyclic) bond motifs is 6. The van der Waals surface area contributed by atoms with E-state index in [2.05, 4.69) is 57.7 Å². The number of hydrogen-bond acceptors (Lipinski definition) is 4. The van der Waals surface area contributed by atoms with Gasteiger partial charge in [-0.3, -0.25) is 4.40 Å². The number of ether oxygens (including phenoxy) is 2. The summed E-state index contributed by atoms with van der Waals surface area (Å²) in [6.07, 6.45) is 3.61. The second-order valence-corrected chi connectivity index (χ2v) is 7.63. The van der Waals surface area contributed by atoms with Gasteiger partial charge in [0, 0.05) is 41.0 Å². The highest BCUT2D eigenvalue weighted by Gasteiger charge is 2.12. The van der Waals surface area contributed by atoms with Crippen LogP contribution < -0.4 is 9.47 Å². The second kappa shape index (κ2) is 7.39. The fourth-order valence-corrected chi connectivity index (χ4v) is 4.10. The molecule has 0 N–H and O–H groups in total. The van der Waals surface area contributed by atoms with Crippen molar-refractivity contribution in [2.75, 3.05) is 0 Å². The molecular weight excluding hydrogens is 398 g/mol. The first-order valence-corrected chi connectivity index (χ1v) is 10.4. The largest absolute Gasteiger partial charge is 0.457 e. The lowest BCUT2D eigenvalue weighted by atomic mass is 10.1. The number of aromatic nitrogens is 3. The van der Waals surface area contributed by atoms with Crippen LogP contribution in [0.15, 0.2) is 97.3 Å². The Labute approximate surface area is 184 Å². The van der Waals surface area contributed by atoms with Crippen LogP contribution in [0.4, 0.5) is 0 Å². The number of benzene rings is 3. The van der Waals surface area contributed by atoms with Gasteiger partial charge in [-0.15, -0.1) is 0 Å². The topological polar surface area (TPSA) is 48.7 Å². The summed E-state index contributed by atoms with van der Waals surface area (Å²) in [6.45, 7) is 2.08. The molecule has 0 amide bonds. The Morgan fingerprint density at radius 1 is 0.656 bits per heavy atom. The summed E-state index contributed by atoms with van der Waals surface area (Å²) in [5.74, 6) is 2.64. The van der Waals surface area contributed by atoms with E-state index in [1.807, 2.05) is 54.7 Å². The molecule has 3 aromatic heterocycles. The van der Waals surface area contributed by atoms with E-state index in [4.69, 9.17) is 9.47 Å². The zero-order valence-corrected chi connectivity index (χ0v) is 17.4. The van der Waals surface area contributed by atoms with Crippen molar-refractivity contribution in [2.45, 2.75) is 6.92 Å². The summed E-state index contributed by atoms with van der Waals surface area (Å²) in [7, 11) is 0. The lowest BCUT2D eigenvalue weighted by molar-refractivity contribution is 0.449. The predicted octanol–water partition coefficient (Wildman–Crippen LogP) is 6.93. The van der Waals surface area contributed by atoms with Crippen molar-refractivity contribution in [2.24, 2.45) is 0 Å². The zero-order valence-electron chi connectivity index (χ0n) is 17.4. The van der Waals surface area contributed by atoms with Crippen molar-refractivity contribution in [3.8, 4) is 23.1 Å². The van der Waals surface area contributed by atoms with E-state index in [-0.39, 0.29) is 0 Å². The van der Waals surface area contributed by atoms with Crippen molar-refractivity contribution >= 4 is 27.3 Å². The van der Waals surface area contributed by atoms with Gasteiger partial charge >= 0.3 is 0 Å². The molecule has 0 bridgehead atoms. The van der Waals surface area contributed by atoms with Crippen molar-refractivity contribution in [1.82, 2.24) is 14.4 Å². The lowest BCUT2D eigenvalue weighted by Crippen LogP contribution is -1.94. The minimum atomic E-state index is 0.541. The molecule has 0 unspecified atom stereocenters. The monoisotopic (exact) mass is 417 g/mol. The molecule has 5 nitrogen and oxygen atoms in total. The van der Waals surface area contributed by atoms with Crippen LogP contribution in [0.5, 0.6) is 23.1 Å². The second-order valence-electron chi connectivity index (χ2n) is 7.63. The van der Waals surface area contributed by atoms with Gasteiger partial charge in [-0.25, -0.2) is 9.97 Å². The van der Waals surface area contributed by atoms with Crippen LogP contribution in [-0.2, 0) is 0 Å². The van der Waals surface area contributed by atoms with E-state index in [1.165, 1.54) is 5.39 Å². The van der Waals surface area contributed by atoms with Crippen LogP contribution >= 0.6 is 0 Å². The molecule has 0 spiro atoms. The Balaban J connectivity index is 1.41. The molecule has 0 aliphatic rings. The van der Waals surface area contributed by atoms with Gasteiger partial charge in [0.25, 0.3) is 0 Å². The van der Waals surface area contributed by atoms with Gasteiger partial charge in [0.15, 0.2) is 0 Å². The average Bonchev–Trinajstić information content (AvgIpc) is 3.22. The van der Waals surface area contributed by atoms with Crippen LogP contribution in [0.3, 0.4) is 0 Å². The van der Waals surface area contributed by atoms with Gasteiger partial charge in [0.05, 0.1) is 5.52 Å². The molecule has 0 saturated heterocycles. The maximum atomic E-state index is 6.20. The van der Waals surface area contributed by atoms with Crippen molar-refractivity contribution in [3.63, 3.8) is 0 Å². The molecule has 0 saturated carbocycles. The van der Waals surface area contributed by atoms with Gasteiger partial charge in [-0.2, -0.15) is 0 Å². The number of pyridine rings is 2. The molecule has 3 aromatic carbocycles. The number of rotatable bonds is 4. The Bertz CT molecular complexity index is 1590. The summed E-state index contributed by atoms with van der Waals surface area (Å²) >= 11 is 0. The first-order chi connectivity index (χ1) is 15.8. The molecule has 32 heavy (non-hydrogen) atoms. The minimum Gasteiger partial charge on any atom is -0.457 e. The van der Waals surface area contributed by atoms with Gasteiger partial charge < -0.3 is 9.47 Å². The van der Waals surface area contributed by atoms with Crippen LogP contribution in [-0.4, -0.2) is 14.4 Å². The molecule has 3 heterocycles. The Hall–Kier alpha value is -4.38.